The maximum Gasteiger partial charge on any atom is 0.387 e. The summed E-state index contributed by atoms with van der Waals surface area (Å²) in [6, 6.07) is 13.8. The molecule has 0 aliphatic heterocycles. The van der Waals surface area contributed by atoms with E-state index in [9.17, 15) is 13.6 Å². The Hall–Kier alpha value is -2.51. The quantitative estimate of drug-likeness (QED) is 0.557. The molecule has 1 heterocycles. The number of thiazole rings is 1. The van der Waals surface area contributed by atoms with Gasteiger partial charge in [-0.15, -0.1) is 11.3 Å². The van der Waals surface area contributed by atoms with Crippen molar-refractivity contribution in [1.82, 2.24) is 10.3 Å². The van der Waals surface area contributed by atoms with Crippen LogP contribution in [0.15, 0.2) is 53.9 Å². The zero-order valence-electron chi connectivity index (χ0n) is 14.7. The number of hydrogen-bond acceptors (Lipinski definition) is 4. The van der Waals surface area contributed by atoms with Crippen LogP contribution in [0, 0.1) is 0 Å². The summed E-state index contributed by atoms with van der Waals surface area (Å²) in [6.45, 7) is -2.40. The highest BCUT2D eigenvalue weighted by atomic mass is 35.5. The van der Waals surface area contributed by atoms with Crippen LogP contribution >= 0.6 is 22.9 Å². The lowest BCUT2D eigenvalue weighted by Crippen LogP contribution is -2.27. The average Bonchev–Trinajstić information content (AvgIpc) is 3.11. The number of aromatic nitrogens is 1. The van der Waals surface area contributed by atoms with Crippen LogP contribution in [-0.4, -0.2) is 24.0 Å². The predicted molar refractivity (Wildman–Crippen MR) is 106 cm³/mol. The van der Waals surface area contributed by atoms with Gasteiger partial charge in [-0.1, -0.05) is 41.9 Å². The molecule has 0 spiro atoms. The lowest BCUT2D eigenvalue weighted by molar-refractivity contribution is -0.120. The number of halogens is 3. The molecule has 0 saturated heterocycles. The molecular weight excluding hydrogens is 406 g/mol. The van der Waals surface area contributed by atoms with Gasteiger partial charge in [-0.05, 0) is 30.2 Å². The minimum absolute atomic E-state index is 0.112. The van der Waals surface area contributed by atoms with E-state index in [2.05, 4.69) is 15.0 Å². The van der Waals surface area contributed by atoms with Crippen LogP contribution in [0.4, 0.5) is 8.78 Å². The van der Waals surface area contributed by atoms with Crippen LogP contribution in [0.5, 0.6) is 5.75 Å². The molecule has 0 unspecified atom stereocenters. The van der Waals surface area contributed by atoms with Gasteiger partial charge in [0.1, 0.15) is 10.8 Å². The second kappa shape index (κ2) is 9.61. The number of nitrogens with zero attached hydrogens (tertiary/aromatic N) is 1. The topological polar surface area (TPSA) is 51.2 Å². The van der Waals surface area contributed by atoms with Crippen molar-refractivity contribution in [3.63, 3.8) is 0 Å². The number of hydrogen-bond donors (Lipinski definition) is 1. The van der Waals surface area contributed by atoms with Gasteiger partial charge in [0, 0.05) is 17.5 Å². The molecule has 0 saturated carbocycles. The molecule has 4 nitrogen and oxygen atoms in total. The van der Waals surface area contributed by atoms with Gasteiger partial charge in [-0.2, -0.15) is 8.78 Å². The second-order valence-electron chi connectivity index (χ2n) is 5.92. The summed E-state index contributed by atoms with van der Waals surface area (Å²) in [5.41, 5.74) is 2.45. The molecule has 28 heavy (non-hydrogen) atoms. The number of ether oxygens (including phenoxy) is 1. The number of amides is 1. The van der Waals surface area contributed by atoms with Crippen LogP contribution in [0.2, 0.25) is 5.02 Å². The lowest BCUT2D eigenvalue weighted by Gasteiger charge is -2.07. The zero-order chi connectivity index (χ0) is 19.9. The molecule has 1 aromatic heterocycles. The predicted octanol–water partition coefficient (Wildman–Crippen LogP) is 4.97. The molecule has 1 amide bonds. The minimum atomic E-state index is -2.84. The summed E-state index contributed by atoms with van der Waals surface area (Å²) in [4.78, 5) is 16.6. The minimum Gasteiger partial charge on any atom is -0.435 e. The fourth-order valence-corrected chi connectivity index (χ4v) is 3.70. The van der Waals surface area contributed by atoms with Crippen molar-refractivity contribution in [3.05, 3.63) is 70.2 Å². The molecule has 1 N–H and O–H groups in total. The first kappa shape index (κ1) is 20.2. The van der Waals surface area contributed by atoms with Gasteiger partial charge in [0.2, 0.25) is 5.91 Å². The Morgan fingerprint density at radius 2 is 1.93 bits per heavy atom. The van der Waals surface area contributed by atoms with Crippen LogP contribution in [0.3, 0.4) is 0 Å². The van der Waals surface area contributed by atoms with Gasteiger partial charge in [-0.3, -0.25) is 4.79 Å². The highest BCUT2D eigenvalue weighted by Crippen LogP contribution is 2.30. The van der Waals surface area contributed by atoms with Crippen molar-refractivity contribution in [2.75, 3.05) is 6.54 Å². The van der Waals surface area contributed by atoms with E-state index in [0.717, 1.165) is 16.1 Å². The van der Waals surface area contributed by atoms with E-state index in [-0.39, 0.29) is 18.1 Å². The average molecular weight is 423 g/mol. The highest BCUT2D eigenvalue weighted by molar-refractivity contribution is 7.13. The smallest absolute Gasteiger partial charge is 0.387 e. The molecule has 0 bridgehead atoms. The van der Waals surface area contributed by atoms with E-state index >= 15 is 0 Å². The monoisotopic (exact) mass is 422 g/mol. The maximum absolute atomic E-state index is 12.1. The Morgan fingerprint density at radius 1 is 1.18 bits per heavy atom. The van der Waals surface area contributed by atoms with Crippen molar-refractivity contribution < 1.29 is 18.3 Å². The number of carbonyl (C=O) groups excluding carboxylic acids is 1. The Kier molecular flexibility index (Phi) is 6.95. The van der Waals surface area contributed by atoms with Gasteiger partial charge in [0.25, 0.3) is 0 Å². The first-order valence-electron chi connectivity index (χ1n) is 8.51. The van der Waals surface area contributed by atoms with Crippen molar-refractivity contribution in [3.8, 4) is 16.3 Å². The summed E-state index contributed by atoms with van der Waals surface area (Å²) < 4.78 is 28.6. The molecule has 8 heteroatoms. The fraction of sp³-hybridized carbons (Fsp3) is 0.200. The molecule has 0 aliphatic carbocycles. The highest BCUT2D eigenvalue weighted by Gasteiger charge is 2.11. The first-order valence-corrected chi connectivity index (χ1v) is 9.77. The van der Waals surface area contributed by atoms with E-state index in [0.29, 0.717) is 23.7 Å². The Morgan fingerprint density at radius 3 is 2.64 bits per heavy atom. The summed E-state index contributed by atoms with van der Waals surface area (Å²) >= 11 is 7.62. The lowest BCUT2D eigenvalue weighted by atomic mass is 10.1. The molecule has 3 rings (SSSR count). The van der Waals surface area contributed by atoms with Crippen molar-refractivity contribution in [1.29, 1.82) is 0 Å². The third kappa shape index (κ3) is 5.74. The van der Waals surface area contributed by atoms with Gasteiger partial charge < -0.3 is 10.1 Å². The number of carbonyl (C=O) groups is 1. The normalized spacial score (nSPS) is 10.9. The number of benzene rings is 2. The largest absolute Gasteiger partial charge is 0.435 e. The fourth-order valence-electron chi connectivity index (χ4n) is 2.56. The SMILES string of the molecule is O=C(Cc1csc(-c2ccccc2Cl)n1)NCCc1ccc(OC(F)F)cc1. The van der Waals surface area contributed by atoms with E-state index in [4.69, 9.17) is 11.6 Å². The van der Waals surface area contributed by atoms with Crippen molar-refractivity contribution >= 4 is 28.8 Å². The summed E-state index contributed by atoms with van der Waals surface area (Å²) in [5, 5.41) is 6.08. The molecule has 0 fully saturated rings. The maximum atomic E-state index is 12.1. The van der Waals surface area contributed by atoms with Gasteiger partial charge in [0.05, 0.1) is 17.1 Å². The number of alkyl halides is 2. The van der Waals surface area contributed by atoms with Crippen LogP contribution < -0.4 is 10.1 Å². The number of nitrogens with one attached hydrogen (secondary N) is 1. The summed E-state index contributed by atoms with van der Waals surface area (Å²) in [7, 11) is 0. The van der Waals surface area contributed by atoms with E-state index in [1.165, 1.54) is 23.5 Å². The number of rotatable bonds is 8. The van der Waals surface area contributed by atoms with Gasteiger partial charge in [0.15, 0.2) is 0 Å². The summed E-state index contributed by atoms with van der Waals surface area (Å²) in [6.07, 6.45) is 0.769. The molecular formula is C20H17ClF2N2O2S. The zero-order valence-corrected chi connectivity index (χ0v) is 16.3. The van der Waals surface area contributed by atoms with Gasteiger partial charge >= 0.3 is 6.61 Å². The summed E-state index contributed by atoms with van der Waals surface area (Å²) in [5.74, 6) is -0.0192. The molecule has 3 aromatic rings. The van der Waals surface area contributed by atoms with Crippen LogP contribution in [-0.2, 0) is 17.6 Å². The molecule has 2 aromatic carbocycles. The van der Waals surface area contributed by atoms with Crippen molar-refractivity contribution in [2.45, 2.75) is 19.5 Å². The first-order chi connectivity index (χ1) is 13.5. The standard InChI is InChI=1S/C20H17ClF2N2O2S/c21-17-4-2-1-3-16(17)19-25-14(12-28-19)11-18(26)24-10-9-13-5-7-15(8-6-13)27-20(22)23/h1-8,12,20H,9-11H2,(H,24,26). The van der Waals surface area contributed by atoms with E-state index < -0.39 is 6.61 Å². The van der Waals surface area contributed by atoms with Crippen LogP contribution in [0.1, 0.15) is 11.3 Å². The molecule has 0 radical (unpaired) electrons. The Labute approximate surface area is 170 Å². The van der Waals surface area contributed by atoms with Gasteiger partial charge in [-0.25, -0.2) is 4.98 Å². The van der Waals surface area contributed by atoms with Crippen LogP contribution in [0.25, 0.3) is 10.6 Å². The van der Waals surface area contributed by atoms with E-state index in [1.54, 1.807) is 18.2 Å². The molecule has 146 valence electrons. The van der Waals surface area contributed by atoms with Crippen molar-refractivity contribution in [2.24, 2.45) is 0 Å². The third-order valence-corrected chi connectivity index (χ3v) is 5.14. The molecule has 0 atom stereocenters. The Bertz CT molecular complexity index is 932. The Balaban J connectivity index is 1.47. The third-order valence-electron chi connectivity index (χ3n) is 3.88. The second-order valence-corrected chi connectivity index (χ2v) is 7.19. The molecule has 0 aliphatic rings. The van der Waals surface area contributed by atoms with E-state index in [1.807, 2.05) is 23.6 Å².